The Kier molecular flexibility index (Phi) is 6.70. The van der Waals surface area contributed by atoms with E-state index in [0.717, 1.165) is 61.3 Å². The molecule has 37 heavy (non-hydrogen) atoms. The molecule has 0 radical (unpaired) electrons. The lowest BCUT2D eigenvalue weighted by atomic mass is 10.00. The minimum atomic E-state index is 0.264. The van der Waals surface area contributed by atoms with E-state index >= 15 is 0 Å². The Morgan fingerprint density at radius 1 is 1.00 bits per heavy atom. The van der Waals surface area contributed by atoms with E-state index in [2.05, 4.69) is 57.7 Å². The van der Waals surface area contributed by atoms with Crippen molar-refractivity contribution in [3.63, 3.8) is 0 Å². The summed E-state index contributed by atoms with van der Waals surface area (Å²) in [6.45, 7) is 6.92. The number of hydrogen-bond acceptors (Lipinski definition) is 7. The van der Waals surface area contributed by atoms with E-state index in [-0.39, 0.29) is 6.79 Å². The van der Waals surface area contributed by atoms with Gasteiger partial charge in [-0.05, 0) is 66.2 Å². The number of anilines is 3. The van der Waals surface area contributed by atoms with Crippen LogP contribution in [0.2, 0.25) is 0 Å². The lowest BCUT2D eigenvalue weighted by molar-refractivity contribution is 0.174. The molecule has 0 bridgehead atoms. The molecule has 6 rings (SSSR count). The maximum Gasteiger partial charge on any atom is 0.232 e. The molecular weight excluding hydrogens is 484 g/mol. The van der Waals surface area contributed by atoms with Gasteiger partial charge in [-0.3, -0.25) is 0 Å². The molecule has 3 aliphatic rings. The van der Waals surface area contributed by atoms with E-state index < -0.39 is 0 Å². The van der Waals surface area contributed by atoms with Crippen LogP contribution in [0.15, 0.2) is 48.5 Å². The first-order valence-electron chi connectivity index (χ1n) is 13.0. The van der Waals surface area contributed by atoms with Crippen LogP contribution < -0.4 is 29.9 Å². The lowest BCUT2D eigenvalue weighted by Gasteiger charge is -2.34. The van der Waals surface area contributed by atoms with Gasteiger partial charge in [0.25, 0.3) is 0 Å². The molecule has 2 aromatic carbocycles. The quantitative estimate of drug-likeness (QED) is 0.477. The number of nitrogens with zero attached hydrogens (tertiary/aromatic N) is 4. The highest BCUT2D eigenvalue weighted by atomic mass is 32.1. The second-order valence-electron chi connectivity index (χ2n) is 10.0. The van der Waals surface area contributed by atoms with Crippen molar-refractivity contribution in [1.29, 1.82) is 0 Å². The van der Waals surface area contributed by atoms with Crippen molar-refractivity contribution in [3.05, 3.63) is 65.2 Å². The Balaban J connectivity index is 1.20. The van der Waals surface area contributed by atoms with Crippen LogP contribution >= 0.6 is 12.2 Å². The van der Waals surface area contributed by atoms with Gasteiger partial charge >= 0.3 is 0 Å². The highest BCUT2D eigenvalue weighted by Gasteiger charge is 2.23. The first-order chi connectivity index (χ1) is 18.1. The third kappa shape index (κ3) is 5.41. The summed E-state index contributed by atoms with van der Waals surface area (Å²) in [5, 5.41) is 7.00. The van der Waals surface area contributed by atoms with Gasteiger partial charge in [0.2, 0.25) is 12.7 Å². The molecule has 8 nitrogen and oxygen atoms in total. The zero-order chi connectivity index (χ0) is 25.2. The average Bonchev–Trinajstić information content (AvgIpc) is 3.39. The molecular formula is C28H32N6O2S. The smallest absolute Gasteiger partial charge is 0.232 e. The lowest BCUT2D eigenvalue weighted by Crippen LogP contribution is -2.36. The van der Waals surface area contributed by atoms with Gasteiger partial charge in [0, 0.05) is 38.8 Å². The predicted octanol–water partition coefficient (Wildman–Crippen LogP) is 4.49. The molecule has 4 heterocycles. The van der Waals surface area contributed by atoms with E-state index in [0.29, 0.717) is 23.5 Å². The summed E-state index contributed by atoms with van der Waals surface area (Å²) in [6, 6.07) is 16.7. The van der Waals surface area contributed by atoms with E-state index in [9.17, 15) is 0 Å². The number of ether oxygens (including phenoxy) is 2. The van der Waals surface area contributed by atoms with E-state index in [4.69, 9.17) is 31.7 Å². The van der Waals surface area contributed by atoms with Crippen molar-refractivity contribution in [1.82, 2.24) is 15.3 Å². The van der Waals surface area contributed by atoms with Crippen molar-refractivity contribution in [2.75, 3.05) is 41.5 Å². The molecule has 0 aliphatic carbocycles. The Morgan fingerprint density at radius 2 is 1.81 bits per heavy atom. The first kappa shape index (κ1) is 23.8. The SMILES string of the molecule is C[C@H]1CCCN(c2cc(N3CCc4ccccc4C3)nc(NC(=S)NCc3ccc4c(c3)OCO4)n2)C1. The normalized spacial score (nSPS) is 18.4. The van der Waals surface area contributed by atoms with Crippen LogP contribution in [0.1, 0.15) is 36.5 Å². The molecule has 1 aromatic heterocycles. The third-order valence-electron chi connectivity index (χ3n) is 7.25. The van der Waals surface area contributed by atoms with Crippen LogP contribution in [0.3, 0.4) is 0 Å². The molecule has 0 amide bonds. The van der Waals surface area contributed by atoms with Crippen molar-refractivity contribution < 1.29 is 9.47 Å². The second kappa shape index (κ2) is 10.4. The summed E-state index contributed by atoms with van der Waals surface area (Å²) >= 11 is 5.62. The Labute approximate surface area is 223 Å². The molecule has 0 spiro atoms. The van der Waals surface area contributed by atoms with Crippen molar-refractivity contribution in [2.24, 2.45) is 5.92 Å². The minimum absolute atomic E-state index is 0.264. The standard InChI is InChI=1S/C28H32N6O2S/c1-19-5-4-11-33(16-19)25-14-26(34-12-10-21-6-2-3-7-22(21)17-34)31-27(30-25)32-28(37)29-15-20-8-9-23-24(13-20)36-18-35-23/h2-3,6-9,13-14,19H,4-5,10-12,15-18H2,1H3,(H2,29,30,31,32,37)/t19-/m0/s1. The number of piperidine rings is 1. The zero-order valence-corrected chi connectivity index (χ0v) is 21.9. The van der Waals surface area contributed by atoms with Gasteiger partial charge in [-0.25, -0.2) is 0 Å². The zero-order valence-electron chi connectivity index (χ0n) is 21.1. The third-order valence-corrected chi connectivity index (χ3v) is 7.50. The number of hydrogen-bond donors (Lipinski definition) is 2. The molecule has 2 N–H and O–H groups in total. The first-order valence-corrected chi connectivity index (χ1v) is 13.4. The van der Waals surface area contributed by atoms with Crippen molar-refractivity contribution >= 4 is 34.9 Å². The number of aromatic nitrogens is 2. The fraction of sp³-hybridized carbons (Fsp3) is 0.393. The summed E-state index contributed by atoms with van der Waals surface area (Å²) in [6.07, 6.45) is 3.45. The molecule has 0 saturated carbocycles. The van der Waals surface area contributed by atoms with Gasteiger partial charge in [0.1, 0.15) is 11.6 Å². The molecule has 1 atom stereocenters. The van der Waals surface area contributed by atoms with Crippen LogP contribution in [0.5, 0.6) is 11.5 Å². The molecule has 9 heteroatoms. The van der Waals surface area contributed by atoms with Gasteiger partial charge in [-0.1, -0.05) is 37.3 Å². The number of nitrogens with one attached hydrogen (secondary N) is 2. The maximum atomic E-state index is 5.62. The van der Waals surface area contributed by atoms with Crippen LogP contribution in [-0.2, 0) is 19.5 Å². The van der Waals surface area contributed by atoms with Gasteiger partial charge in [-0.2, -0.15) is 9.97 Å². The second-order valence-corrected chi connectivity index (χ2v) is 10.4. The molecule has 3 aliphatic heterocycles. The van der Waals surface area contributed by atoms with Crippen molar-refractivity contribution in [2.45, 2.75) is 39.3 Å². The highest BCUT2D eigenvalue weighted by Crippen LogP contribution is 2.32. The molecule has 3 aromatic rings. The molecule has 192 valence electrons. The number of benzene rings is 2. The van der Waals surface area contributed by atoms with E-state index in [1.165, 1.54) is 24.0 Å². The summed E-state index contributed by atoms with van der Waals surface area (Å²) < 4.78 is 10.9. The predicted molar refractivity (Wildman–Crippen MR) is 149 cm³/mol. The Morgan fingerprint density at radius 3 is 2.68 bits per heavy atom. The topological polar surface area (TPSA) is 74.8 Å². The van der Waals surface area contributed by atoms with Crippen LogP contribution in [0.25, 0.3) is 0 Å². The summed E-state index contributed by atoms with van der Waals surface area (Å²) in [5.74, 6) is 4.59. The maximum absolute atomic E-state index is 5.62. The summed E-state index contributed by atoms with van der Waals surface area (Å²) in [5.41, 5.74) is 3.83. The monoisotopic (exact) mass is 516 g/mol. The van der Waals surface area contributed by atoms with Crippen molar-refractivity contribution in [3.8, 4) is 11.5 Å². The summed E-state index contributed by atoms with van der Waals surface area (Å²) in [4.78, 5) is 14.5. The van der Waals surface area contributed by atoms with E-state index in [1.54, 1.807) is 0 Å². The average molecular weight is 517 g/mol. The summed E-state index contributed by atoms with van der Waals surface area (Å²) in [7, 11) is 0. The largest absolute Gasteiger partial charge is 0.454 e. The van der Waals surface area contributed by atoms with Gasteiger partial charge in [0.05, 0.1) is 0 Å². The van der Waals surface area contributed by atoms with E-state index in [1.807, 2.05) is 18.2 Å². The number of fused-ring (bicyclic) bond motifs is 2. The minimum Gasteiger partial charge on any atom is -0.454 e. The van der Waals surface area contributed by atoms with Crippen LogP contribution in [0.4, 0.5) is 17.6 Å². The Hall–Kier alpha value is -3.59. The molecule has 1 fully saturated rings. The van der Waals surface area contributed by atoms with Crippen LogP contribution in [0, 0.1) is 5.92 Å². The fourth-order valence-corrected chi connectivity index (χ4v) is 5.43. The van der Waals surface area contributed by atoms with Gasteiger partial charge in [-0.15, -0.1) is 0 Å². The number of rotatable bonds is 5. The number of thiocarbonyl (C=S) groups is 1. The molecule has 0 unspecified atom stereocenters. The Bertz CT molecular complexity index is 1300. The van der Waals surface area contributed by atoms with Gasteiger partial charge < -0.3 is 29.9 Å². The van der Waals surface area contributed by atoms with Crippen LogP contribution in [-0.4, -0.2) is 41.5 Å². The highest BCUT2D eigenvalue weighted by molar-refractivity contribution is 7.80. The molecule has 1 saturated heterocycles. The van der Waals surface area contributed by atoms with Gasteiger partial charge in [0.15, 0.2) is 16.6 Å². The fourth-order valence-electron chi connectivity index (χ4n) is 5.27.